The Morgan fingerprint density at radius 1 is 1.08 bits per heavy atom. The number of amides is 2. The molecule has 1 aliphatic rings. The second kappa shape index (κ2) is 7.73. The zero-order valence-electron chi connectivity index (χ0n) is 13.6. The normalized spacial score (nSPS) is 13.8. The molecular formula is C19H21N3O2. The molecule has 1 aromatic heterocycles. The standard InChI is InChI=1S/C19H21N3O2/c23-18(22-12-1-2-13-22)10-7-15-5-8-17(9-6-15)21-19(24)16-4-3-11-20-14-16/h3-6,8-9,11,14H,1-2,7,10,12-13H2,(H,21,24). The van der Waals surface area contributed by atoms with Crippen LogP contribution in [0.1, 0.15) is 35.2 Å². The van der Waals surface area contributed by atoms with Crippen LogP contribution in [-0.4, -0.2) is 34.8 Å². The largest absolute Gasteiger partial charge is 0.343 e. The predicted molar refractivity (Wildman–Crippen MR) is 92.8 cm³/mol. The molecule has 2 heterocycles. The average Bonchev–Trinajstić information content (AvgIpc) is 3.16. The third kappa shape index (κ3) is 4.19. The van der Waals surface area contributed by atoms with Crippen molar-refractivity contribution in [3.63, 3.8) is 0 Å². The van der Waals surface area contributed by atoms with Gasteiger partial charge in [0.05, 0.1) is 5.56 Å². The molecule has 24 heavy (non-hydrogen) atoms. The van der Waals surface area contributed by atoms with Crippen LogP contribution in [0.25, 0.3) is 0 Å². The van der Waals surface area contributed by atoms with Crippen LogP contribution in [0.15, 0.2) is 48.8 Å². The molecule has 124 valence electrons. The number of pyridine rings is 1. The average molecular weight is 323 g/mol. The Morgan fingerprint density at radius 2 is 1.83 bits per heavy atom. The molecule has 2 amide bonds. The summed E-state index contributed by atoms with van der Waals surface area (Å²) in [4.78, 5) is 30.0. The Hall–Kier alpha value is -2.69. The van der Waals surface area contributed by atoms with Gasteiger partial charge in [0.25, 0.3) is 5.91 Å². The fourth-order valence-corrected chi connectivity index (χ4v) is 2.83. The van der Waals surface area contributed by atoms with Crippen LogP contribution in [0.3, 0.4) is 0 Å². The molecule has 1 fully saturated rings. The van der Waals surface area contributed by atoms with Gasteiger partial charge in [0.2, 0.25) is 5.91 Å². The summed E-state index contributed by atoms with van der Waals surface area (Å²) in [6, 6.07) is 11.1. The number of hydrogen-bond acceptors (Lipinski definition) is 3. The van der Waals surface area contributed by atoms with Gasteiger partial charge in [-0.25, -0.2) is 0 Å². The summed E-state index contributed by atoms with van der Waals surface area (Å²) in [6.45, 7) is 1.80. The molecular weight excluding hydrogens is 302 g/mol. The van der Waals surface area contributed by atoms with E-state index >= 15 is 0 Å². The second-order valence-corrected chi connectivity index (χ2v) is 5.98. The molecule has 0 aliphatic carbocycles. The lowest BCUT2D eigenvalue weighted by Crippen LogP contribution is -2.27. The minimum atomic E-state index is -0.180. The smallest absolute Gasteiger partial charge is 0.257 e. The summed E-state index contributed by atoms with van der Waals surface area (Å²) < 4.78 is 0. The van der Waals surface area contributed by atoms with Crippen molar-refractivity contribution in [1.29, 1.82) is 0 Å². The molecule has 2 aromatic rings. The number of rotatable bonds is 5. The van der Waals surface area contributed by atoms with Gasteiger partial charge >= 0.3 is 0 Å². The van der Waals surface area contributed by atoms with E-state index in [1.807, 2.05) is 29.2 Å². The van der Waals surface area contributed by atoms with E-state index in [0.717, 1.165) is 43.6 Å². The van der Waals surface area contributed by atoms with Crippen molar-refractivity contribution in [2.45, 2.75) is 25.7 Å². The van der Waals surface area contributed by atoms with E-state index in [9.17, 15) is 9.59 Å². The highest BCUT2D eigenvalue weighted by molar-refractivity contribution is 6.03. The maximum Gasteiger partial charge on any atom is 0.257 e. The lowest BCUT2D eigenvalue weighted by atomic mass is 10.1. The number of anilines is 1. The highest BCUT2D eigenvalue weighted by atomic mass is 16.2. The fourth-order valence-electron chi connectivity index (χ4n) is 2.83. The first-order valence-corrected chi connectivity index (χ1v) is 8.30. The number of hydrogen-bond donors (Lipinski definition) is 1. The summed E-state index contributed by atoms with van der Waals surface area (Å²) in [5.41, 5.74) is 2.36. The molecule has 0 bridgehead atoms. The number of carbonyl (C=O) groups excluding carboxylic acids is 2. The van der Waals surface area contributed by atoms with Crippen molar-refractivity contribution in [3.05, 3.63) is 59.9 Å². The third-order valence-corrected chi connectivity index (χ3v) is 4.22. The number of nitrogens with zero attached hydrogens (tertiary/aromatic N) is 2. The molecule has 0 spiro atoms. The minimum Gasteiger partial charge on any atom is -0.343 e. The number of benzene rings is 1. The van der Waals surface area contributed by atoms with Crippen LogP contribution in [0.2, 0.25) is 0 Å². The topological polar surface area (TPSA) is 62.3 Å². The molecule has 1 saturated heterocycles. The van der Waals surface area contributed by atoms with Gasteiger partial charge in [0.1, 0.15) is 0 Å². The molecule has 1 aliphatic heterocycles. The molecule has 5 heteroatoms. The van der Waals surface area contributed by atoms with Gasteiger partial charge in [0, 0.05) is 37.6 Å². The Balaban J connectivity index is 1.51. The highest BCUT2D eigenvalue weighted by Gasteiger charge is 2.17. The number of aryl methyl sites for hydroxylation is 1. The predicted octanol–water partition coefficient (Wildman–Crippen LogP) is 2.89. The first-order valence-electron chi connectivity index (χ1n) is 8.30. The molecule has 1 N–H and O–H groups in total. The Kier molecular flexibility index (Phi) is 5.21. The zero-order chi connectivity index (χ0) is 16.8. The summed E-state index contributed by atoms with van der Waals surface area (Å²) in [5, 5.41) is 2.84. The lowest BCUT2D eigenvalue weighted by molar-refractivity contribution is -0.130. The third-order valence-electron chi connectivity index (χ3n) is 4.22. The molecule has 5 nitrogen and oxygen atoms in total. The van der Waals surface area contributed by atoms with E-state index in [1.54, 1.807) is 18.3 Å². The SMILES string of the molecule is O=C(Nc1ccc(CCC(=O)N2CCCC2)cc1)c1cccnc1. The van der Waals surface area contributed by atoms with Crippen molar-refractivity contribution in [1.82, 2.24) is 9.88 Å². The summed E-state index contributed by atoms with van der Waals surface area (Å²) >= 11 is 0. The first kappa shape index (κ1) is 16.2. The summed E-state index contributed by atoms with van der Waals surface area (Å²) in [5.74, 6) is 0.0570. The van der Waals surface area contributed by atoms with Gasteiger partial charge in [-0.05, 0) is 49.1 Å². The number of nitrogens with one attached hydrogen (secondary N) is 1. The van der Waals surface area contributed by atoms with Gasteiger partial charge in [-0.1, -0.05) is 12.1 Å². The quantitative estimate of drug-likeness (QED) is 0.920. The fraction of sp³-hybridized carbons (Fsp3) is 0.316. The second-order valence-electron chi connectivity index (χ2n) is 5.98. The van der Waals surface area contributed by atoms with Crippen LogP contribution >= 0.6 is 0 Å². The minimum absolute atomic E-state index is 0.180. The van der Waals surface area contributed by atoms with E-state index in [0.29, 0.717) is 12.0 Å². The van der Waals surface area contributed by atoms with Crippen molar-refractivity contribution in [2.75, 3.05) is 18.4 Å². The van der Waals surface area contributed by atoms with Gasteiger partial charge in [-0.2, -0.15) is 0 Å². The molecule has 0 atom stereocenters. The summed E-state index contributed by atoms with van der Waals surface area (Å²) in [7, 11) is 0. The van der Waals surface area contributed by atoms with Crippen LogP contribution in [-0.2, 0) is 11.2 Å². The van der Waals surface area contributed by atoms with Gasteiger partial charge < -0.3 is 10.2 Å². The highest BCUT2D eigenvalue weighted by Crippen LogP contribution is 2.14. The van der Waals surface area contributed by atoms with E-state index in [-0.39, 0.29) is 11.8 Å². The van der Waals surface area contributed by atoms with Gasteiger partial charge in [0.15, 0.2) is 0 Å². The van der Waals surface area contributed by atoms with Crippen molar-refractivity contribution >= 4 is 17.5 Å². The van der Waals surface area contributed by atoms with Crippen molar-refractivity contribution in [2.24, 2.45) is 0 Å². The molecule has 3 rings (SSSR count). The number of likely N-dealkylation sites (tertiary alicyclic amines) is 1. The van der Waals surface area contributed by atoms with Crippen LogP contribution < -0.4 is 5.32 Å². The van der Waals surface area contributed by atoms with E-state index in [1.165, 1.54) is 6.20 Å². The number of aromatic nitrogens is 1. The maximum absolute atomic E-state index is 12.1. The van der Waals surface area contributed by atoms with Gasteiger partial charge in [-0.3, -0.25) is 14.6 Å². The first-order chi connectivity index (χ1) is 11.7. The van der Waals surface area contributed by atoms with E-state index in [4.69, 9.17) is 0 Å². The van der Waals surface area contributed by atoms with Crippen LogP contribution in [0.4, 0.5) is 5.69 Å². The maximum atomic E-state index is 12.1. The monoisotopic (exact) mass is 323 g/mol. The Morgan fingerprint density at radius 3 is 2.50 bits per heavy atom. The Bertz CT molecular complexity index is 692. The molecule has 0 saturated carbocycles. The van der Waals surface area contributed by atoms with Crippen LogP contribution in [0.5, 0.6) is 0 Å². The van der Waals surface area contributed by atoms with Crippen LogP contribution in [0, 0.1) is 0 Å². The van der Waals surface area contributed by atoms with Crippen molar-refractivity contribution in [3.8, 4) is 0 Å². The summed E-state index contributed by atoms with van der Waals surface area (Å²) in [6.07, 6.45) is 6.68. The van der Waals surface area contributed by atoms with E-state index in [2.05, 4.69) is 10.3 Å². The van der Waals surface area contributed by atoms with E-state index < -0.39 is 0 Å². The Labute approximate surface area is 141 Å². The zero-order valence-corrected chi connectivity index (χ0v) is 13.6. The molecule has 0 unspecified atom stereocenters. The number of carbonyl (C=O) groups is 2. The lowest BCUT2D eigenvalue weighted by Gasteiger charge is -2.15. The molecule has 1 aromatic carbocycles. The van der Waals surface area contributed by atoms with Gasteiger partial charge in [-0.15, -0.1) is 0 Å². The van der Waals surface area contributed by atoms with Crippen molar-refractivity contribution < 1.29 is 9.59 Å². The molecule has 0 radical (unpaired) electrons.